The number of methoxy groups -OCH3 is 1. The van der Waals surface area contributed by atoms with Crippen molar-refractivity contribution in [2.24, 2.45) is 0 Å². The first kappa shape index (κ1) is 13.7. The monoisotopic (exact) mass is 321 g/mol. The number of carbonyl (C=O) groups is 1. The third kappa shape index (κ3) is 2.83. The SMILES string of the molecule is C=C(C(=O)OC)C(O)c1ccc2cc(Br)ccc2n1. The van der Waals surface area contributed by atoms with Gasteiger partial charge in [0.25, 0.3) is 0 Å². The van der Waals surface area contributed by atoms with Crippen LogP contribution < -0.4 is 0 Å². The summed E-state index contributed by atoms with van der Waals surface area (Å²) >= 11 is 3.38. The van der Waals surface area contributed by atoms with Gasteiger partial charge in [0.05, 0.1) is 23.9 Å². The molecule has 1 aromatic heterocycles. The molecule has 0 saturated carbocycles. The van der Waals surface area contributed by atoms with E-state index in [1.54, 1.807) is 6.07 Å². The summed E-state index contributed by atoms with van der Waals surface area (Å²) in [5.41, 5.74) is 1.06. The topological polar surface area (TPSA) is 59.4 Å². The quantitative estimate of drug-likeness (QED) is 0.697. The predicted octanol–water partition coefficient (Wildman–Crippen LogP) is 2.76. The number of fused-ring (bicyclic) bond motifs is 1. The molecule has 1 unspecified atom stereocenters. The number of pyridine rings is 1. The summed E-state index contributed by atoms with van der Waals surface area (Å²) in [5, 5.41) is 11.0. The van der Waals surface area contributed by atoms with E-state index in [1.807, 2.05) is 24.3 Å². The molecular weight excluding hydrogens is 310 g/mol. The van der Waals surface area contributed by atoms with Crippen LogP contribution in [0.15, 0.2) is 47.0 Å². The molecule has 0 aliphatic rings. The first-order valence-electron chi connectivity index (χ1n) is 5.54. The molecule has 0 aliphatic heterocycles. The maximum atomic E-state index is 11.3. The highest BCUT2D eigenvalue weighted by Gasteiger charge is 2.20. The van der Waals surface area contributed by atoms with Crippen LogP contribution in [-0.4, -0.2) is 23.2 Å². The van der Waals surface area contributed by atoms with Crippen molar-refractivity contribution in [3.05, 3.63) is 52.7 Å². The smallest absolute Gasteiger partial charge is 0.336 e. The summed E-state index contributed by atoms with van der Waals surface area (Å²) in [5.74, 6) is -0.648. The molecule has 0 aliphatic carbocycles. The second-order valence-corrected chi connectivity index (χ2v) is 4.91. The minimum atomic E-state index is -1.17. The standard InChI is InChI=1S/C14H12BrNO3/c1-8(14(18)19-2)13(17)12-5-3-9-7-10(15)4-6-11(9)16-12/h3-7,13,17H,1H2,2H3. The van der Waals surface area contributed by atoms with Crippen molar-refractivity contribution in [1.29, 1.82) is 0 Å². The van der Waals surface area contributed by atoms with Crippen LogP contribution in [-0.2, 0) is 9.53 Å². The predicted molar refractivity (Wildman–Crippen MR) is 75.6 cm³/mol. The van der Waals surface area contributed by atoms with Crippen LogP contribution in [0.25, 0.3) is 10.9 Å². The average molecular weight is 322 g/mol. The molecule has 98 valence electrons. The molecule has 2 rings (SSSR count). The van der Waals surface area contributed by atoms with Gasteiger partial charge in [-0.15, -0.1) is 0 Å². The summed E-state index contributed by atoms with van der Waals surface area (Å²) in [4.78, 5) is 15.6. The lowest BCUT2D eigenvalue weighted by Gasteiger charge is -2.12. The van der Waals surface area contributed by atoms with Gasteiger partial charge in [-0.1, -0.05) is 28.6 Å². The van der Waals surface area contributed by atoms with Gasteiger partial charge in [0, 0.05) is 9.86 Å². The van der Waals surface area contributed by atoms with Gasteiger partial charge in [-0.2, -0.15) is 0 Å². The number of rotatable bonds is 3. The van der Waals surface area contributed by atoms with E-state index < -0.39 is 12.1 Å². The van der Waals surface area contributed by atoms with E-state index in [4.69, 9.17) is 0 Å². The van der Waals surface area contributed by atoms with Crippen LogP contribution in [0.1, 0.15) is 11.8 Å². The number of aliphatic hydroxyl groups is 1. The van der Waals surface area contributed by atoms with E-state index in [-0.39, 0.29) is 5.57 Å². The first-order chi connectivity index (χ1) is 9.02. The second kappa shape index (κ2) is 5.50. The highest BCUT2D eigenvalue weighted by Crippen LogP contribution is 2.24. The number of hydrogen-bond donors (Lipinski definition) is 1. The Bertz CT molecular complexity index is 654. The van der Waals surface area contributed by atoms with Crippen LogP contribution in [0.4, 0.5) is 0 Å². The zero-order valence-corrected chi connectivity index (χ0v) is 11.8. The Balaban J connectivity index is 2.38. The van der Waals surface area contributed by atoms with Crippen molar-refractivity contribution in [1.82, 2.24) is 4.98 Å². The molecule has 0 bridgehead atoms. The summed E-state index contributed by atoms with van der Waals surface area (Å²) < 4.78 is 5.48. The Hall–Kier alpha value is -1.72. The number of nitrogens with zero attached hydrogens (tertiary/aromatic N) is 1. The highest BCUT2D eigenvalue weighted by atomic mass is 79.9. The molecule has 1 aromatic carbocycles. The number of halogens is 1. The van der Waals surface area contributed by atoms with Gasteiger partial charge in [0.2, 0.25) is 0 Å². The molecule has 0 spiro atoms. The lowest BCUT2D eigenvalue weighted by atomic mass is 10.1. The van der Waals surface area contributed by atoms with Crippen LogP contribution in [0.5, 0.6) is 0 Å². The number of hydrogen-bond acceptors (Lipinski definition) is 4. The van der Waals surface area contributed by atoms with Gasteiger partial charge in [0.15, 0.2) is 0 Å². The Labute approximate surface area is 118 Å². The van der Waals surface area contributed by atoms with Crippen LogP contribution in [0.2, 0.25) is 0 Å². The molecule has 2 aromatic rings. The van der Waals surface area contributed by atoms with Crippen molar-refractivity contribution in [2.45, 2.75) is 6.10 Å². The van der Waals surface area contributed by atoms with Gasteiger partial charge in [-0.3, -0.25) is 0 Å². The van der Waals surface area contributed by atoms with Crippen molar-refractivity contribution < 1.29 is 14.6 Å². The second-order valence-electron chi connectivity index (χ2n) is 3.99. The maximum absolute atomic E-state index is 11.3. The minimum Gasteiger partial charge on any atom is -0.466 e. The number of carbonyl (C=O) groups excluding carboxylic acids is 1. The Kier molecular flexibility index (Phi) is 3.97. The molecule has 0 amide bonds. The summed E-state index contributed by atoms with van der Waals surface area (Å²) in [7, 11) is 1.24. The zero-order valence-electron chi connectivity index (χ0n) is 10.3. The van der Waals surface area contributed by atoms with Crippen LogP contribution in [0.3, 0.4) is 0 Å². The van der Waals surface area contributed by atoms with Crippen molar-refractivity contribution in [2.75, 3.05) is 7.11 Å². The Morgan fingerprint density at radius 3 is 2.84 bits per heavy atom. The van der Waals surface area contributed by atoms with Gasteiger partial charge >= 0.3 is 5.97 Å². The molecule has 0 radical (unpaired) electrons. The van der Waals surface area contributed by atoms with Crippen molar-refractivity contribution in [3.8, 4) is 0 Å². The van der Waals surface area contributed by atoms with E-state index in [0.29, 0.717) is 5.69 Å². The lowest BCUT2D eigenvalue weighted by Crippen LogP contribution is -2.13. The molecule has 0 saturated heterocycles. The third-order valence-corrected chi connectivity index (χ3v) is 3.22. The number of esters is 1. The fourth-order valence-corrected chi connectivity index (χ4v) is 2.06. The van der Waals surface area contributed by atoms with E-state index in [0.717, 1.165) is 15.4 Å². The van der Waals surface area contributed by atoms with Gasteiger partial charge in [0.1, 0.15) is 6.10 Å². The molecule has 0 fully saturated rings. The maximum Gasteiger partial charge on any atom is 0.336 e. The molecule has 1 atom stereocenters. The van der Waals surface area contributed by atoms with Gasteiger partial charge < -0.3 is 9.84 Å². The Morgan fingerprint density at radius 1 is 1.42 bits per heavy atom. The van der Waals surface area contributed by atoms with Gasteiger partial charge in [-0.25, -0.2) is 9.78 Å². The lowest BCUT2D eigenvalue weighted by molar-refractivity contribution is -0.137. The van der Waals surface area contributed by atoms with E-state index in [1.165, 1.54) is 7.11 Å². The molecule has 1 heterocycles. The van der Waals surface area contributed by atoms with E-state index in [2.05, 4.69) is 32.2 Å². The van der Waals surface area contributed by atoms with E-state index >= 15 is 0 Å². The Morgan fingerprint density at radius 2 is 2.16 bits per heavy atom. The number of benzene rings is 1. The summed E-state index contributed by atoms with van der Waals surface area (Å²) in [6.45, 7) is 3.52. The van der Waals surface area contributed by atoms with Crippen molar-refractivity contribution in [3.63, 3.8) is 0 Å². The number of aromatic nitrogens is 1. The fourth-order valence-electron chi connectivity index (χ4n) is 1.69. The van der Waals surface area contributed by atoms with Gasteiger partial charge in [-0.05, 0) is 24.3 Å². The normalized spacial score (nSPS) is 12.2. The third-order valence-electron chi connectivity index (χ3n) is 2.73. The van der Waals surface area contributed by atoms with Crippen LogP contribution in [0, 0.1) is 0 Å². The largest absolute Gasteiger partial charge is 0.466 e. The molecule has 5 heteroatoms. The first-order valence-corrected chi connectivity index (χ1v) is 6.33. The molecular formula is C14H12BrNO3. The molecule has 19 heavy (non-hydrogen) atoms. The summed E-state index contributed by atoms with van der Waals surface area (Å²) in [6.07, 6.45) is -1.17. The molecule has 4 nitrogen and oxygen atoms in total. The highest BCUT2D eigenvalue weighted by molar-refractivity contribution is 9.10. The minimum absolute atomic E-state index is 0.0357. The van der Waals surface area contributed by atoms with Crippen molar-refractivity contribution >= 4 is 32.8 Å². The zero-order chi connectivity index (χ0) is 14.0. The molecule has 1 N–H and O–H groups in total. The van der Waals surface area contributed by atoms with Crippen LogP contribution >= 0.6 is 15.9 Å². The number of ether oxygens (including phenoxy) is 1. The van der Waals surface area contributed by atoms with E-state index in [9.17, 15) is 9.90 Å². The number of aliphatic hydroxyl groups excluding tert-OH is 1. The summed E-state index contributed by atoms with van der Waals surface area (Å²) in [6, 6.07) is 9.11. The fraction of sp³-hybridized carbons (Fsp3) is 0.143. The average Bonchev–Trinajstić information content (AvgIpc) is 2.44.